The molecule has 2 aromatic heterocycles. The van der Waals surface area contributed by atoms with Crippen molar-refractivity contribution in [3.8, 4) is 0 Å². The minimum atomic E-state index is 0.202. The second-order valence-electron chi connectivity index (χ2n) is 13.3. The molecule has 1 amide bonds. The number of carbonyl (C=O) groups excluding carboxylic acids is 1. The summed E-state index contributed by atoms with van der Waals surface area (Å²) >= 11 is 0. The molecule has 0 aromatic carbocycles. The lowest BCUT2D eigenvalue weighted by molar-refractivity contribution is -0.131. The number of imidazole rings is 1. The van der Waals surface area contributed by atoms with E-state index in [1.807, 2.05) is 17.3 Å². The smallest absolute Gasteiger partial charge is 0.236 e. The maximum Gasteiger partial charge on any atom is 0.236 e. The monoisotopic (exact) mass is 562 g/mol. The first kappa shape index (κ1) is 30.9. The summed E-state index contributed by atoms with van der Waals surface area (Å²) in [4.78, 5) is 38.9. The fourth-order valence-corrected chi connectivity index (χ4v) is 5.28. The van der Waals surface area contributed by atoms with Crippen molar-refractivity contribution < 1.29 is 4.79 Å². The molecule has 9 heteroatoms. The third-order valence-corrected chi connectivity index (χ3v) is 8.01. The third-order valence-electron chi connectivity index (χ3n) is 8.01. The molecule has 2 aliphatic heterocycles. The molecule has 0 bridgehead atoms. The van der Waals surface area contributed by atoms with Crippen LogP contribution in [0.25, 0.3) is 11.2 Å². The normalized spacial score (nSPS) is 17.9. The quantitative estimate of drug-likeness (QED) is 0.268. The maximum absolute atomic E-state index is 12.7. The van der Waals surface area contributed by atoms with Crippen molar-refractivity contribution in [3.63, 3.8) is 0 Å². The summed E-state index contributed by atoms with van der Waals surface area (Å²) in [5.41, 5.74) is 3.94. The average molecular weight is 563 g/mol. The second-order valence-corrected chi connectivity index (χ2v) is 13.3. The molecular weight excluding hydrogens is 512 g/mol. The number of rotatable bonds is 10. The average Bonchev–Trinajstić information content (AvgIpc) is 3.61. The van der Waals surface area contributed by atoms with Gasteiger partial charge in [0.2, 0.25) is 11.9 Å². The molecule has 2 saturated heterocycles. The SMILES string of the molecule is C=C/C(=C\C(=Nc1nc(N2CCN(CC(=O)N3CCCC3)CC2)nc2ncn(C(C)C)c12)C(C)C)CCC(C)(C)C. The van der Waals surface area contributed by atoms with E-state index in [2.05, 4.69) is 80.5 Å². The number of piperazine rings is 1. The van der Waals surface area contributed by atoms with Crippen molar-refractivity contribution in [2.75, 3.05) is 50.7 Å². The Morgan fingerprint density at radius 3 is 2.32 bits per heavy atom. The zero-order valence-corrected chi connectivity index (χ0v) is 26.4. The Kier molecular flexibility index (Phi) is 10.00. The number of allylic oxidation sites excluding steroid dienone is 3. The number of hydrogen-bond acceptors (Lipinski definition) is 7. The lowest BCUT2D eigenvalue weighted by Crippen LogP contribution is -2.50. The molecule has 0 N–H and O–H groups in total. The summed E-state index contributed by atoms with van der Waals surface area (Å²) in [6, 6.07) is 0.202. The molecule has 0 spiro atoms. The number of fused-ring (bicyclic) bond motifs is 1. The predicted molar refractivity (Wildman–Crippen MR) is 169 cm³/mol. The molecule has 0 aliphatic carbocycles. The highest BCUT2D eigenvalue weighted by molar-refractivity contribution is 6.00. The minimum Gasteiger partial charge on any atom is -0.342 e. The van der Waals surface area contributed by atoms with Gasteiger partial charge in [-0.05, 0) is 62.5 Å². The van der Waals surface area contributed by atoms with Gasteiger partial charge in [-0.2, -0.15) is 9.97 Å². The Morgan fingerprint density at radius 2 is 1.73 bits per heavy atom. The second kappa shape index (κ2) is 13.3. The van der Waals surface area contributed by atoms with E-state index in [0.29, 0.717) is 24.0 Å². The van der Waals surface area contributed by atoms with Crippen molar-refractivity contribution in [2.45, 2.75) is 80.2 Å². The largest absolute Gasteiger partial charge is 0.342 e. The Morgan fingerprint density at radius 1 is 1.05 bits per heavy atom. The van der Waals surface area contributed by atoms with E-state index < -0.39 is 0 Å². The molecular formula is C32H50N8O. The predicted octanol–water partition coefficient (Wildman–Crippen LogP) is 5.82. The number of anilines is 1. The highest BCUT2D eigenvalue weighted by Crippen LogP contribution is 2.30. The Hall–Kier alpha value is -3.07. The van der Waals surface area contributed by atoms with Crippen LogP contribution in [0.3, 0.4) is 0 Å². The van der Waals surface area contributed by atoms with Gasteiger partial charge in [-0.15, -0.1) is 0 Å². The molecule has 0 saturated carbocycles. The third kappa shape index (κ3) is 8.03. The fourth-order valence-electron chi connectivity index (χ4n) is 5.28. The van der Waals surface area contributed by atoms with E-state index in [-0.39, 0.29) is 23.3 Å². The van der Waals surface area contributed by atoms with Crippen LogP contribution in [-0.4, -0.2) is 86.8 Å². The van der Waals surface area contributed by atoms with Crippen molar-refractivity contribution in [1.82, 2.24) is 29.3 Å². The lowest BCUT2D eigenvalue weighted by atomic mass is 9.88. The number of aromatic nitrogens is 4. The number of likely N-dealkylation sites (tertiary alicyclic amines) is 1. The van der Waals surface area contributed by atoms with Gasteiger partial charge >= 0.3 is 0 Å². The van der Waals surface area contributed by atoms with Gasteiger partial charge in [0, 0.05) is 51.0 Å². The zero-order chi connectivity index (χ0) is 29.7. The van der Waals surface area contributed by atoms with Crippen LogP contribution in [0, 0.1) is 11.3 Å². The Balaban J connectivity index is 1.62. The van der Waals surface area contributed by atoms with Gasteiger partial charge in [0.15, 0.2) is 11.5 Å². The topological polar surface area (TPSA) is 82.8 Å². The zero-order valence-electron chi connectivity index (χ0n) is 26.4. The molecule has 2 fully saturated rings. The highest BCUT2D eigenvalue weighted by atomic mass is 16.2. The standard InChI is InChI=1S/C32H50N8O/c1-9-25(12-13-32(6,7)8)20-26(23(2)3)34-30-28-29(33-22-40(28)24(4)5)35-31(36-30)39-18-16-37(17-19-39)21-27(41)38-14-10-11-15-38/h9,20,22-24H,1,10-19,21H2,2-8H3/b25-20+,34-26?. The van der Waals surface area contributed by atoms with Crippen LogP contribution in [0.15, 0.2) is 35.6 Å². The summed E-state index contributed by atoms with van der Waals surface area (Å²) in [6.45, 7) is 24.9. The molecule has 0 unspecified atom stereocenters. The number of amides is 1. The van der Waals surface area contributed by atoms with Crippen LogP contribution >= 0.6 is 0 Å². The van der Waals surface area contributed by atoms with E-state index in [9.17, 15) is 4.79 Å². The molecule has 0 atom stereocenters. The molecule has 4 rings (SSSR count). The molecule has 0 radical (unpaired) electrons. The Bertz CT molecular complexity index is 1270. The molecule has 41 heavy (non-hydrogen) atoms. The maximum atomic E-state index is 12.7. The first-order valence-electron chi connectivity index (χ1n) is 15.4. The van der Waals surface area contributed by atoms with Crippen LogP contribution in [0.5, 0.6) is 0 Å². The van der Waals surface area contributed by atoms with E-state index >= 15 is 0 Å². The fraction of sp³-hybridized carbons (Fsp3) is 0.656. The molecule has 9 nitrogen and oxygen atoms in total. The van der Waals surface area contributed by atoms with Crippen molar-refractivity contribution in [1.29, 1.82) is 0 Å². The van der Waals surface area contributed by atoms with Crippen LogP contribution in [0.1, 0.15) is 80.2 Å². The van der Waals surface area contributed by atoms with Crippen LogP contribution in [0.4, 0.5) is 11.8 Å². The van der Waals surface area contributed by atoms with E-state index in [1.165, 1.54) is 5.57 Å². The van der Waals surface area contributed by atoms with E-state index in [1.54, 1.807) is 0 Å². The first-order valence-corrected chi connectivity index (χ1v) is 15.4. The number of carbonyl (C=O) groups is 1. The summed E-state index contributed by atoms with van der Waals surface area (Å²) in [5.74, 6) is 1.77. The Labute approximate surface area is 246 Å². The van der Waals surface area contributed by atoms with Gasteiger partial charge in [-0.25, -0.2) is 9.98 Å². The van der Waals surface area contributed by atoms with Gasteiger partial charge in [-0.1, -0.05) is 47.3 Å². The summed E-state index contributed by atoms with van der Waals surface area (Å²) < 4.78 is 2.11. The van der Waals surface area contributed by atoms with Gasteiger partial charge in [0.05, 0.1) is 12.9 Å². The summed E-state index contributed by atoms with van der Waals surface area (Å²) in [5, 5.41) is 0. The van der Waals surface area contributed by atoms with Gasteiger partial charge < -0.3 is 14.4 Å². The number of aliphatic imine (C=N–C) groups is 1. The van der Waals surface area contributed by atoms with Crippen LogP contribution < -0.4 is 4.90 Å². The summed E-state index contributed by atoms with van der Waals surface area (Å²) in [6.07, 6.45) is 10.3. The van der Waals surface area contributed by atoms with Crippen molar-refractivity contribution in [3.05, 3.63) is 30.6 Å². The number of hydrogen-bond donors (Lipinski definition) is 0. The minimum absolute atomic E-state index is 0.202. The highest BCUT2D eigenvalue weighted by Gasteiger charge is 2.26. The van der Waals surface area contributed by atoms with E-state index in [4.69, 9.17) is 15.0 Å². The molecule has 224 valence electrons. The van der Waals surface area contributed by atoms with Crippen molar-refractivity contribution >= 4 is 34.5 Å². The molecule has 2 aromatic rings. The van der Waals surface area contributed by atoms with Gasteiger partial charge in [-0.3, -0.25) is 9.69 Å². The molecule has 4 heterocycles. The van der Waals surface area contributed by atoms with Gasteiger partial charge in [0.1, 0.15) is 5.52 Å². The summed E-state index contributed by atoms with van der Waals surface area (Å²) in [7, 11) is 0. The van der Waals surface area contributed by atoms with Crippen LogP contribution in [-0.2, 0) is 4.79 Å². The van der Waals surface area contributed by atoms with Crippen LogP contribution in [0.2, 0.25) is 0 Å². The van der Waals surface area contributed by atoms with Gasteiger partial charge in [0.25, 0.3) is 0 Å². The number of nitrogens with zero attached hydrogens (tertiary/aromatic N) is 8. The van der Waals surface area contributed by atoms with E-state index in [0.717, 1.165) is 76.2 Å². The molecule has 2 aliphatic rings. The lowest BCUT2D eigenvalue weighted by Gasteiger charge is -2.35. The first-order chi connectivity index (χ1) is 19.4. The van der Waals surface area contributed by atoms with Crippen molar-refractivity contribution in [2.24, 2.45) is 16.3 Å².